The number of aromatic nitrogens is 1. The highest BCUT2D eigenvalue weighted by Crippen LogP contribution is 2.27. The van der Waals surface area contributed by atoms with Crippen molar-refractivity contribution < 1.29 is 18.3 Å². The van der Waals surface area contributed by atoms with E-state index in [-0.39, 0.29) is 17.3 Å². The monoisotopic (exact) mass is 327 g/mol. The quantitative estimate of drug-likeness (QED) is 0.480. The van der Waals surface area contributed by atoms with Gasteiger partial charge in [0, 0.05) is 10.9 Å². The summed E-state index contributed by atoms with van der Waals surface area (Å²) in [7, 11) is 0. The number of hydrogen-bond acceptors (Lipinski definition) is 3. The Balaban J connectivity index is 3.28. The number of rotatable bonds is 4. The molecular formula is C10H9BrClF2NO2. The minimum absolute atomic E-state index is 0.0507. The van der Waals surface area contributed by atoms with Gasteiger partial charge in [0.25, 0.3) is 6.43 Å². The molecule has 0 saturated heterocycles. The molecule has 0 N–H and O–H groups in total. The van der Waals surface area contributed by atoms with Gasteiger partial charge in [-0.1, -0.05) is 27.5 Å². The Bertz CT molecular complexity index is 429. The standard InChI is InChI=1S/C10H9BrClF2NO2/c1-2-17-10(16)6-3-5(4-11)8(12)15-7(6)9(13)14/h3,9H,2,4H2,1H3. The summed E-state index contributed by atoms with van der Waals surface area (Å²) >= 11 is 8.83. The molecule has 7 heteroatoms. The Morgan fingerprint density at radius 2 is 2.29 bits per heavy atom. The summed E-state index contributed by atoms with van der Waals surface area (Å²) in [6.45, 7) is 1.70. The summed E-state index contributed by atoms with van der Waals surface area (Å²) in [5.41, 5.74) is -0.446. The van der Waals surface area contributed by atoms with E-state index in [4.69, 9.17) is 11.6 Å². The molecule has 1 aromatic rings. The van der Waals surface area contributed by atoms with E-state index >= 15 is 0 Å². The van der Waals surface area contributed by atoms with Gasteiger partial charge < -0.3 is 4.74 Å². The summed E-state index contributed by atoms with van der Waals surface area (Å²) < 4.78 is 30.1. The molecular weight excluding hydrogens is 319 g/mol. The van der Waals surface area contributed by atoms with Gasteiger partial charge in [-0.2, -0.15) is 0 Å². The normalized spacial score (nSPS) is 10.7. The summed E-state index contributed by atoms with van der Waals surface area (Å²) in [5.74, 6) is -0.825. The second-order valence-electron chi connectivity index (χ2n) is 3.03. The van der Waals surface area contributed by atoms with E-state index in [9.17, 15) is 13.6 Å². The minimum atomic E-state index is -2.88. The van der Waals surface area contributed by atoms with Crippen molar-refractivity contribution in [3.05, 3.63) is 28.0 Å². The Kier molecular flexibility index (Phi) is 5.27. The van der Waals surface area contributed by atoms with Crippen molar-refractivity contribution in [2.24, 2.45) is 0 Å². The van der Waals surface area contributed by atoms with Gasteiger partial charge in [0.2, 0.25) is 0 Å². The van der Waals surface area contributed by atoms with Crippen LogP contribution in [0.25, 0.3) is 0 Å². The smallest absolute Gasteiger partial charge is 0.340 e. The number of esters is 1. The fourth-order valence-electron chi connectivity index (χ4n) is 1.18. The molecule has 0 aromatic carbocycles. The number of ether oxygens (including phenoxy) is 1. The maximum Gasteiger partial charge on any atom is 0.340 e. The number of halogens is 4. The Hall–Kier alpha value is -0.750. The molecule has 0 atom stereocenters. The van der Waals surface area contributed by atoms with Gasteiger partial charge in [-0.05, 0) is 13.0 Å². The van der Waals surface area contributed by atoms with Crippen LogP contribution < -0.4 is 0 Å². The van der Waals surface area contributed by atoms with Gasteiger partial charge in [0.15, 0.2) is 0 Å². The molecule has 0 aliphatic rings. The van der Waals surface area contributed by atoms with Crippen LogP contribution in [0.15, 0.2) is 6.07 Å². The zero-order valence-electron chi connectivity index (χ0n) is 8.84. The molecule has 0 radical (unpaired) electrons. The van der Waals surface area contributed by atoms with Crippen LogP contribution in [0.2, 0.25) is 5.15 Å². The van der Waals surface area contributed by atoms with Crippen LogP contribution >= 0.6 is 27.5 Å². The van der Waals surface area contributed by atoms with Crippen LogP contribution in [0.3, 0.4) is 0 Å². The van der Waals surface area contributed by atoms with Gasteiger partial charge >= 0.3 is 5.97 Å². The van der Waals surface area contributed by atoms with Crippen molar-refractivity contribution in [2.45, 2.75) is 18.7 Å². The van der Waals surface area contributed by atoms with Crippen LogP contribution in [-0.4, -0.2) is 17.6 Å². The third-order valence-corrected chi connectivity index (χ3v) is 2.86. The molecule has 1 rings (SSSR count). The second-order valence-corrected chi connectivity index (χ2v) is 3.94. The third kappa shape index (κ3) is 3.35. The number of hydrogen-bond donors (Lipinski definition) is 0. The zero-order chi connectivity index (χ0) is 13.0. The van der Waals surface area contributed by atoms with Gasteiger partial charge in [-0.25, -0.2) is 18.6 Å². The van der Waals surface area contributed by atoms with Crippen LogP contribution in [0.1, 0.15) is 35.0 Å². The van der Waals surface area contributed by atoms with Crippen molar-refractivity contribution >= 4 is 33.5 Å². The van der Waals surface area contributed by atoms with Gasteiger partial charge in [0.1, 0.15) is 10.8 Å². The number of pyridine rings is 1. The van der Waals surface area contributed by atoms with E-state index in [1.54, 1.807) is 6.92 Å². The lowest BCUT2D eigenvalue weighted by Crippen LogP contribution is -2.11. The van der Waals surface area contributed by atoms with E-state index in [2.05, 4.69) is 25.7 Å². The summed E-state index contributed by atoms with van der Waals surface area (Å²) in [5, 5.41) is 0.264. The van der Waals surface area contributed by atoms with Crippen LogP contribution in [0, 0.1) is 0 Å². The van der Waals surface area contributed by atoms with Crippen molar-refractivity contribution in [3.63, 3.8) is 0 Å². The average Bonchev–Trinajstić information content (AvgIpc) is 2.28. The SMILES string of the molecule is CCOC(=O)c1cc(CBr)c(Cl)nc1C(F)F. The van der Waals surface area contributed by atoms with E-state index < -0.39 is 18.1 Å². The molecule has 0 unspecified atom stereocenters. The van der Waals surface area contributed by atoms with Gasteiger partial charge in [-0.15, -0.1) is 0 Å². The van der Waals surface area contributed by atoms with Crippen LogP contribution in [0.5, 0.6) is 0 Å². The number of nitrogens with zero attached hydrogens (tertiary/aromatic N) is 1. The van der Waals surface area contributed by atoms with E-state index in [0.717, 1.165) is 0 Å². The predicted molar refractivity (Wildman–Crippen MR) is 62.8 cm³/mol. The molecule has 94 valence electrons. The average molecular weight is 329 g/mol. The molecule has 0 saturated carbocycles. The molecule has 0 aliphatic heterocycles. The fraction of sp³-hybridized carbons (Fsp3) is 0.400. The Labute approximate surface area is 110 Å². The van der Waals surface area contributed by atoms with E-state index in [0.29, 0.717) is 10.9 Å². The second kappa shape index (κ2) is 6.26. The maximum atomic E-state index is 12.7. The number of carbonyl (C=O) groups is 1. The van der Waals surface area contributed by atoms with Crippen LogP contribution in [-0.2, 0) is 10.1 Å². The first-order valence-electron chi connectivity index (χ1n) is 4.71. The van der Waals surface area contributed by atoms with E-state index in [1.165, 1.54) is 6.07 Å². The highest BCUT2D eigenvalue weighted by Gasteiger charge is 2.23. The maximum absolute atomic E-state index is 12.7. The summed E-state index contributed by atoms with van der Waals surface area (Å²) in [4.78, 5) is 15.0. The first kappa shape index (κ1) is 14.3. The highest BCUT2D eigenvalue weighted by molar-refractivity contribution is 9.08. The molecule has 0 fully saturated rings. The first-order chi connectivity index (χ1) is 8.01. The fourth-order valence-corrected chi connectivity index (χ4v) is 1.98. The van der Waals surface area contributed by atoms with E-state index in [1.807, 2.05) is 0 Å². The largest absolute Gasteiger partial charge is 0.462 e. The number of carbonyl (C=O) groups excluding carboxylic acids is 1. The lowest BCUT2D eigenvalue weighted by atomic mass is 10.1. The molecule has 3 nitrogen and oxygen atoms in total. The van der Waals surface area contributed by atoms with Crippen LogP contribution in [0.4, 0.5) is 8.78 Å². The molecule has 0 aliphatic carbocycles. The molecule has 1 heterocycles. The molecule has 17 heavy (non-hydrogen) atoms. The Morgan fingerprint density at radius 3 is 2.76 bits per heavy atom. The van der Waals surface area contributed by atoms with Gasteiger partial charge in [-0.3, -0.25) is 0 Å². The number of alkyl halides is 3. The summed E-state index contributed by atoms with van der Waals surface area (Å²) in [6, 6.07) is 1.27. The molecule has 0 bridgehead atoms. The van der Waals surface area contributed by atoms with Crippen molar-refractivity contribution in [1.82, 2.24) is 4.98 Å². The van der Waals surface area contributed by atoms with Crippen molar-refractivity contribution in [1.29, 1.82) is 0 Å². The van der Waals surface area contributed by atoms with Crippen molar-refractivity contribution in [2.75, 3.05) is 6.61 Å². The molecule has 1 aromatic heterocycles. The topological polar surface area (TPSA) is 39.2 Å². The zero-order valence-corrected chi connectivity index (χ0v) is 11.2. The Morgan fingerprint density at radius 1 is 1.65 bits per heavy atom. The lowest BCUT2D eigenvalue weighted by Gasteiger charge is -2.10. The molecule has 0 spiro atoms. The highest BCUT2D eigenvalue weighted by atomic mass is 79.9. The van der Waals surface area contributed by atoms with Gasteiger partial charge in [0.05, 0.1) is 12.2 Å². The first-order valence-corrected chi connectivity index (χ1v) is 6.21. The predicted octanol–water partition coefficient (Wildman–Crippen LogP) is 3.74. The lowest BCUT2D eigenvalue weighted by molar-refractivity contribution is 0.0513. The summed E-state index contributed by atoms with van der Waals surface area (Å²) in [6.07, 6.45) is -2.88. The van der Waals surface area contributed by atoms with Crippen molar-refractivity contribution in [3.8, 4) is 0 Å². The molecule has 0 amide bonds. The third-order valence-electron chi connectivity index (χ3n) is 1.92. The minimum Gasteiger partial charge on any atom is -0.462 e.